The molecule has 4 heteroatoms. The molecule has 0 amide bonds. The van der Waals surface area contributed by atoms with Crippen molar-refractivity contribution in [1.82, 2.24) is 15.0 Å². The number of rotatable bonds is 5. The van der Waals surface area contributed by atoms with E-state index >= 15 is 0 Å². The topological polar surface area (TPSA) is 51.8 Å². The first-order valence-corrected chi connectivity index (χ1v) is 18.5. The van der Waals surface area contributed by atoms with Crippen molar-refractivity contribution in [2.45, 2.75) is 0 Å². The van der Waals surface area contributed by atoms with Gasteiger partial charge in [0.25, 0.3) is 0 Å². The normalized spacial score (nSPS) is 11.6. The number of para-hydroxylation sites is 1. The van der Waals surface area contributed by atoms with E-state index in [1.807, 2.05) is 48.5 Å². The summed E-state index contributed by atoms with van der Waals surface area (Å²) in [4.78, 5) is 15.3. The molecule has 11 rings (SSSR count). The predicted molar refractivity (Wildman–Crippen MR) is 227 cm³/mol. The van der Waals surface area contributed by atoms with Crippen LogP contribution in [0.1, 0.15) is 0 Å². The molecule has 0 N–H and O–H groups in total. The maximum absolute atomic E-state index is 6.16. The maximum Gasteiger partial charge on any atom is 0.164 e. The molecule has 2 heterocycles. The highest BCUT2D eigenvalue weighted by atomic mass is 16.3. The fourth-order valence-electron chi connectivity index (χ4n) is 8.07. The highest BCUT2D eigenvalue weighted by Gasteiger charge is 2.19. The van der Waals surface area contributed by atoms with Crippen LogP contribution in [0.3, 0.4) is 0 Å². The first kappa shape index (κ1) is 31.1. The Kier molecular flexibility index (Phi) is 7.14. The number of furan rings is 1. The Balaban J connectivity index is 1.10. The Bertz CT molecular complexity index is 3220. The minimum absolute atomic E-state index is 0.611. The first-order chi connectivity index (χ1) is 27.2. The molecule has 0 radical (unpaired) electrons. The van der Waals surface area contributed by atoms with Crippen LogP contribution in [0, 0.1) is 0 Å². The second-order valence-electron chi connectivity index (χ2n) is 14.0. The van der Waals surface area contributed by atoms with E-state index < -0.39 is 0 Å². The molecule has 0 aliphatic heterocycles. The van der Waals surface area contributed by atoms with E-state index in [-0.39, 0.29) is 0 Å². The van der Waals surface area contributed by atoms with Crippen LogP contribution in [-0.2, 0) is 0 Å². The third-order valence-corrected chi connectivity index (χ3v) is 10.7. The van der Waals surface area contributed by atoms with E-state index in [1.165, 1.54) is 43.4 Å². The lowest BCUT2D eigenvalue weighted by Crippen LogP contribution is -2.01. The minimum Gasteiger partial charge on any atom is -0.456 e. The average Bonchev–Trinajstić information content (AvgIpc) is 3.70. The zero-order chi connectivity index (χ0) is 36.3. The zero-order valence-corrected chi connectivity index (χ0v) is 29.6. The SMILES string of the molecule is c1ccc(-c2nc(-c3ccc(-c4cc5ccccc5o4)cc3)nc(-c3ccc(-c4c5ccccc5cc5c4ccc4ccccc45)c4ccccc34)n2)cc1. The molecule has 0 fully saturated rings. The Hall–Kier alpha value is -7.43. The molecule has 4 nitrogen and oxygen atoms in total. The molecule has 0 bridgehead atoms. The Morgan fingerprint density at radius 3 is 1.64 bits per heavy atom. The van der Waals surface area contributed by atoms with Gasteiger partial charge < -0.3 is 4.42 Å². The molecule has 55 heavy (non-hydrogen) atoms. The minimum atomic E-state index is 0.611. The summed E-state index contributed by atoms with van der Waals surface area (Å²) in [5, 5.41) is 10.7. The van der Waals surface area contributed by atoms with Crippen molar-refractivity contribution in [3.63, 3.8) is 0 Å². The van der Waals surface area contributed by atoms with Crippen molar-refractivity contribution >= 4 is 54.1 Å². The number of aromatic nitrogens is 3. The van der Waals surface area contributed by atoms with Gasteiger partial charge in [0, 0.05) is 27.6 Å². The molecule has 0 aliphatic carbocycles. The molecule has 0 spiro atoms. The molecular formula is C51H31N3O. The molecule has 0 unspecified atom stereocenters. The third kappa shape index (κ3) is 5.26. The van der Waals surface area contributed by atoms with Crippen molar-refractivity contribution in [1.29, 1.82) is 0 Å². The van der Waals surface area contributed by atoms with Gasteiger partial charge in [0.1, 0.15) is 11.3 Å². The van der Waals surface area contributed by atoms with Crippen molar-refractivity contribution in [3.05, 3.63) is 188 Å². The van der Waals surface area contributed by atoms with Gasteiger partial charge in [-0.25, -0.2) is 15.0 Å². The monoisotopic (exact) mass is 701 g/mol. The highest BCUT2D eigenvalue weighted by Crippen LogP contribution is 2.43. The fraction of sp³-hybridized carbons (Fsp3) is 0. The van der Waals surface area contributed by atoms with Gasteiger partial charge in [-0.05, 0) is 78.5 Å². The van der Waals surface area contributed by atoms with Crippen molar-refractivity contribution in [2.75, 3.05) is 0 Å². The number of hydrogen-bond acceptors (Lipinski definition) is 4. The molecule has 2 aromatic heterocycles. The molecule has 0 saturated heterocycles. The van der Waals surface area contributed by atoms with Crippen LogP contribution in [0.15, 0.2) is 192 Å². The van der Waals surface area contributed by atoms with Crippen molar-refractivity contribution < 1.29 is 4.42 Å². The van der Waals surface area contributed by atoms with Gasteiger partial charge >= 0.3 is 0 Å². The van der Waals surface area contributed by atoms with Crippen LogP contribution in [0.2, 0.25) is 0 Å². The quantitative estimate of drug-likeness (QED) is 0.132. The smallest absolute Gasteiger partial charge is 0.164 e. The van der Waals surface area contributed by atoms with Crippen LogP contribution in [0.4, 0.5) is 0 Å². The van der Waals surface area contributed by atoms with Crippen LogP contribution < -0.4 is 0 Å². The maximum atomic E-state index is 6.16. The summed E-state index contributed by atoms with van der Waals surface area (Å²) in [6.07, 6.45) is 0. The van der Waals surface area contributed by atoms with Gasteiger partial charge in [-0.1, -0.05) is 164 Å². The molecule has 9 aromatic carbocycles. The molecular weight excluding hydrogens is 671 g/mol. The number of fused-ring (bicyclic) bond motifs is 6. The van der Waals surface area contributed by atoms with Crippen LogP contribution in [0.25, 0.3) is 111 Å². The van der Waals surface area contributed by atoms with E-state index in [0.717, 1.165) is 49.8 Å². The lowest BCUT2D eigenvalue weighted by atomic mass is 9.87. The van der Waals surface area contributed by atoms with Crippen LogP contribution >= 0.6 is 0 Å². The van der Waals surface area contributed by atoms with Gasteiger partial charge in [-0.2, -0.15) is 0 Å². The molecule has 11 aromatic rings. The predicted octanol–water partition coefficient (Wildman–Crippen LogP) is 13.6. The summed E-state index contributed by atoms with van der Waals surface area (Å²) < 4.78 is 6.16. The Morgan fingerprint density at radius 1 is 0.309 bits per heavy atom. The molecule has 0 aliphatic rings. The fourth-order valence-corrected chi connectivity index (χ4v) is 8.07. The lowest BCUT2D eigenvalue weighted by Gasteiger charge is -2.17. The van der Waals surface area contributed by atoms with Gasteiger partial charge in [-0.3, -0.25) is 0 Å². The summed E-state index contributed by atoms with van der Waals surface area (Å²) in [6.45, 7) is 0. The second-order valence-corrected chi connectivity index (χ2v) is 14.0. The van der Waals surface area contributed by atoms with E-state index in [1.54, 1.807) is 0 Å². The van der Waals surface area contributed by atoms with Gasteiger partial charge in [0.2, 0.25) is 0 Å². The third-order valence-electron chi connectivity index (χ3n) is 10.7. The van der Waals surface area contributed by atoms with Gasteiger partial charge in [-0.15, -0.1) is 0 Å². The summed E-state index contributed by atoms with van der Waals surface area (Å²) in [6, 6.07) is 65.9. The number of benzene rings is 9. The zero-order valence-electron chi connectivity index (χ0n) is 29.6. The lowest BCUT2D eigenvalue weighted by molar-refractivity contribution is 0.631. The summed E-state index contributed by atoms with van der Waals surface area (Å²) in [7, 11) is 0. The van der Waals surface area contributed by atoms with Gasteiger partial charge in [0.15, 0.2) is 17.5 Å². The molecule has 0 atom stereocenters. The van der Waals surface area contributed by atoms with E-state index in [0.29, 0.717) is 17.5 Å². The Morgan fingerprint density at radius 2 is 0.873 bits per heavy atom. The van der Waals surface area contributed by atoms with E-state index in [2.05, 4.69) is 140 Å². The summed E-state index contributed by atoms with van der Waals surface area (Å²) >= 11 is 0. The van der Waals surface area contributed by atoms with Crippen LogP contribution in [-0.4, -0.2) is 15.0 Å². The highest BCUT2D eigenvalue weighted by molar-refractivity contribution is 6.22. The second kappa shape index (κ2) is 12.6. The molecule has 256 valence electrons. The van der Waals surface area contributed by atoms with E-state index in [4.69, 9.17) is 19.4 Å². The summed E-state index contributed by atoms with van der Waals surface area (Å²) in [5.74, 6) is 2.69. The Labute approximate surface area is 317 Å². The molecule has 0 saturated carbocycles. The standard InChI is InChI=1S/C51H31N3O/c1-2-13-34(14-3-1)49-52-50(35-24-22-33(23-25-35)47-31-37-16-6-11-21-46(37)55-47)54-51(53-49)44-29-28-42(40-19-9-10-20-41(40)44)48-39-18-8-5-15-36(39)30-45-38-17-7-4-12-32(38)26-27-43(45)48/h1-31H. The number of nitrogens with zero attached hydrogens (tertiary/aromatic N) is 3. The van der Waals surface area contributed by atoms with Crippen molar-refractivity contribution in [2.24, 2.45) is 0 Å². The van der Waals surface area contributed by atoms with Crippen LogP contribution in [0.5, 0.6) is 0 Å². The first-order valence-electron chi connectivity index (χ1n) is 18.5. The van der Waals surface area contributed by atoms with E-state index in [9.17, 15) is 0 Å². The summed E-state index contributed by atoms with van der Waals surface area (Å²) in [5.41, 5.74) is 7.05. The average molecular weight is 702 g/mol. The number of hydrogen-bond donors (Lipinski definition) is 0. The van der Waals surface area contributed by atoms with Crippen molar-refractivity contribution in [3.8, 4) is 56.6 Å². The van der Waals surface area contributed by atoms with Gasteiger partial charge in [0.05, 0.1) is 0 Å². The largest absolute Gasteiger partial charge is 0.456 e.